The van der Waals surface area contributed by atoms with Gasteiger partial charge in [0.15, 0.2) is 11.5 Å². The van der Waals surface area contributed by atoms with Crippen molar-refractivity contribution in [1.29, 1.82) is 0 Å². The van der Waals surface area contributed by atoms with Gasteiger partial charge in [0.25, 0.3) is 0 Å². The summed E-state index contributed by atoms with van der Waals surface area (Å²) in [7, 11) is 2.11. The van der Waals surface area contributed by atoms with Crippen LogP contribution in [0.5, 0.6) is 11.5 Å². The van der Waals surface area contributed by atoms with Crippen molar-refractivity contribution in [3.63, 3.8) is 0 Å². The van der Waals surface area contributed by atoms with Gasteiger partial charge in [-0.15, -0.1) is 0 Å². The summed E-state index contributed by atoms with van der Waals surface area (Å²) < 4.78 is 7.82. The van der Waals surface area contributed by atoms with Gasteiger partial charge in [-0.2, -0.15) is 5.10 Å². The monoisotopic (exact) mass is 496 g/mol. The Balaban J connectivity index is 1.42. The van der Waals surface area contributed by atoms with Gasteiger partial charge in [0, 0.05) is 31.5 Å². The Bertz CT molecular complexity index is 1530. The van der Waals surface area contributed by atoms with E-state index in [0.717, 1.165) is 71.7 Å². The van der Waals surface area contributed by atoms with E-state index in [1.165, 1.54) is 11.9 Å². The second-order valence-electron chi connectivity index (χ2n) is 9.22. The van der Waals surface area contributed by atoms with E-state index in [-0.39, 0.29) is 0 Å². The van der Waals surface area contributed by atoms with Crippen molar-refractivity contribution < 1.29 is 4.74 Å². The molecule has 0 unspecified atom stereocenters. The summed E-state index contributed by atoms with van der Waals surface area (Å²) in [6.45, 7) is 7.38. The van der Waals surface area contributed by atoms with Gasteiger partial charge >= 0.3 is 0 Å². The number of aryl methyl sites for hydroxylation is 2. The van der Waals surface area contributed by atoms with E-state index in [0.29, 0.717) is 11.6 Å². The molecule has 0 aliphatic carbocycles. The zero-order chi connectivity index (χ0) is 25.8. The molecule has 1 aromatic carbocycles. The van der Waals surface area contributed by atoms with Crippen LogP contribution < -0.4 is 15.0 Å². The molecule has 0 aliphatic rings. The Morgan fingerprint density at radius 2 is 1.89 bits per heavy atom. The van der Waals surface area contributed by atoms with Gasteiger partial charge in [0.05, 0.1) is 5.52 Å². The van der Waals surface area contributed by atoms with Gasteiger partial charge in [-0.1, -0.05) is 26.7 Å². The maximum atomic E-state index is 6.12. The molecule has 0 bridgehead atoms. The number of benzene rings is 1. The summed E-state index contributed by atoms with van der Waals surface area (Å²) in [4.78, 5) is 20.6. The van der Waals surface area contributed by atoms with Gasteiger partial charge in [0.2, 0.25) is 0 Å². The number of unbranched alkanes of at least 4 members (excludes halogenated alkanes) is 1. The van der Waals surface area contributed by atoms with E-state index in [2.05, 4.69) is 57.2 Å². The lowest BCUT2D eigenvalue weighted by atomic mass is 10.1. The summed E-state index contributed by atoms with van der Waals surface area (Å²) in [6.07, 6.45) is 9.23. The lowest BCUT2D eigenvalue weighted by Gasteiger charge is -2.22. The van der Waals surface area contributed by atoms with E-state index in [4.69, 9.17) is 9.72 Å². The molecule has 0 saturated heterocycles. The zero-order valence-electron chi connectivity index (χ0n) is 21.8. The molecule has 190 valence electrons. The summed E-state index contributed by atoms with van der Waals surface area (Å²) in [6, 6.07) is 11.9. The van der Waals surface area contributed by atoms with Gasteiger partial charge in [-0.3, -0.25) is 0 Å². The third kappa shape index (κ3) is 5.30. The minimum atomic E-state index is 0.684. The number of anilines is 3. The molecule has 0 atom stereocenters. The minimum Gasteiger partial charge on any atom is -0.457 e. The lowest BCUT2D eigenvalue weighted by molar-refractivity contribution is 0.478. The van der Waals surface area contributed by atoms with Gasteiger partial charge in [-0.05, 0) is 61.2 Å². The van der Waals surface area contributed by atoms with E-state index < -0.39 is 0 Å². The van der Waals surface area contributed by atoms with Crippen LogP contribution in [0, 0.1) is 6.92 Å². The largest absolute Gasteiger partial charge is 0.457 e. The summed E-state index contributed by atoms with van der Waals surface area (Å²) in [5.74, 6) is 3.16. The highest BCUT2D eigenvalue weighted by molar-refractivity contribution is 5.89. The van der Waals surface area contributed by atoms with E-state index in [1.807, 2.05) is 43.5 Å². The predicted molar refractivity (Wildman–Crippen MR) is 147 cm³/mol. The standard InChI is InChI=1S/C28H32N8O/c1-5-7-12-35(4)28-20(8-6-2)15-23-26(34-28)27(31-17-29-23)33-21-9-10-24(19(3)14-21)37-22-11-13-36-25(16-22)30-18-32-36/h9-11,13-18H,5-8,12H2,1-4H3,(H,29,31,33). The van der Waals surface area contributed by atoms with Crippen LogP contribution in [0.4, 0.5) is 17.3 Å². The fourth-order valence-electron chi connectivity index (χ4n) is 4.36. The molecule has 0 spiro atoms. The van der Waals surface area contributed by atoms with Crippen LogP contribution in [0.25, 0.3) is 16.7 Å². The lowest BCUT2D eigenvalue weighted by Crippen LogP contribution is -2.21. The number of nitrogens with zero attached hydrogens (tertiary/aromatic N) is 7. The first-order chi connectivity index (χ1) is 18.1. The van der Waals surface area contributed by atoms with Gasteiger partial charge in [-0.25, -0.2) is 24.5 Å². The van der Waals surface area contributed by atoms with Crippen molar-refractivity contribution in [2.24, 2.45) is 0 Å². The van der Waals surface area contributed by atoms with Crippen LogP contribution in [-0.4, -0.2) is 43.1 Å². The summed E-state index contributed by atoms with van der Waals surface area (Å²) in [5.41, 5.74) is 5.45. The molecule has 9 nitrogen and oxygen atoms in total. The molecule has 0 amide bonds. The average Bonchev–Trinajstić information content (AvgIpc) is 3.37. The quantitative estimate of drug-likeness (QED) is 0.248. The topological polar surface area (TPSA) is 93.4 Å². The van der Waals surface area contributed by atoms with Crippen LogP contribution in [0.3, 0.4) is 0 Å². The highest BCUT2D eigenvalue weighted by Gasteiger charge is 2.15. The third-order valence-electron chi connectivity index (χ3n) is 6.31. The number of pyridine rings is 2. The van der Waals surface area contributed by atoms with Crippen LogP contribution in [0.15, 0.2) is 55.2 Å². The van der Waals surface area contributed by atoms with Crippen LogP contribution in [0.1, 0.15) is 44.2 Å². The number of aromatic nitrogens is 6. The second-order valence-corrected chi connectivity index (χ2v) is 9.22. The van der Waals surface area contributed by atoms with Crippen molar-refractivity contribution in [3.8, 4) is 11.5 Å². The Kier molecular flexibility index (Phi) is 7.11. The molecule has 37 heavy (non-hydrogen) atoms. The van der Waals surface area contributed by atoms with Gasteiger partial charge < -0.3 is 15.0 Å². The van der Waals surface area contributed by atoms with Crippen molar-refractivity contribution in [2.45, 2.75) is 46.5 Å². The first-order valence-corrected chi connectivity index (χ1v) is 12.8. The van der Waals surface area contributed by atoms with Crippen LogP contribution in [0.2, 0.25) is 0 Å². The Labute approximate surface area is 216 Å². The molecule has 5 rings (SSSR count). The number of hydrogen-bond donors (Lipinski definition) is 1. The molecule has 5 aromatic rings. The normalized spacial score (nSPS) is 11.2. The maximum Gasteiger partial charge on any atom is 0.160 e. The molecule has 0 aliphatic heterocycles. The molecule has 9 heteroatoms. The zero-order valence-corrected chi connectivity index (χ0v) is 21.8. The number of fused-ring (bicyclic) bond motifs is 2. The Morgan fingerprint density at radius 1 is 1.00 bits per heavy atom. The summed E-state index contributed by atoms with van der Waals surface area (Å²) in [5, 5.41) is 7.57. The fraction of sp³-hybridized carbons (Fsp3) is 0.321. The third-order valence-corrected chi connectivity index (χ3v) is 6.31. The van der Waals surface area contributed by atoms with E-state index >= 15 is 0 Å². The van der Waals surface area contributed by atoms with E-state index in [9.17, 15) is 0 Å². The van der Waals surface area contributed by atoms with Crippen molar-refractivity contribution >= 4 is 34.0 Å². The van der Waals surface area contributed by atoms with Gasteiger partial charge in [0.1, 0.15) is 35.5 Å². The highest BCUT2D eigenvalue weighted by Crippen LogP contribution is 2.31. The van der Waals surface area contributed by atoms with E-state index in [1.54, 1.807) is 10.8 Å². The minimum absolute atomic E-state index is 0.684. The fourth-order valence-corrected chi connectivity index (χ4v) is 4.36. The molecular formula is C28H32N8O. The molecular weight excluding hydrogens is 464 g/mol. The average molecular weight is 497 g/mol. The highest BCUT2D eigenvalue weighted by atomic mass is 16.5. The summed E-state index contributed by atoms with van der Waals surface area (Å²) >= 11 is 0. The van der Waals surface area contributed by atoms with Crippen molar-refractivity contribution in [3.05, 3.63) is 66.4 Å². The molecule has 0 saturated carbocycles. The Hall–Kier alpha value is -4.27. The number of hydrogen-bond acceptors (Lipinski definition) is 8. The maximum absolute atomic E-state index is 6.12. The number of ether oxygens (including phenoxy) is 1. The first kappa shape index (κ1) is 24.4. The second kappa shape index (κ2) is 10.8. The molecule has 0 radical (unpaired) electrons. The smallest absolute Gasteiger partial charge is 0.160 e. The molecule has 4 heterocycles. The molecule has 1 N–H and O–H groups in total. The van der Waals surface area contributed by atoms with Crippen LogP contribution >= 0.6 is 0 Å². The SMILES string of the molecule is CCCCN(C)c1nc2c(Nc3ccc(Oc4ccn5ncnc5c4)c(C)c3)ncnc2cc1CCC. The molecule has 4 aromatic heterocycles. The van der Waals surface area contributed by atoms with Crippen molar-refractivity contribution in [1.82, 2.24) is 29.5 Å². The predicted octanol–water partition coefficient (Wildman–Crippen LogP) is 6.10. The number of rotatable bonds is 10. The number of nitrogens with one attached hydrogen (secondary N) is 1. The van der Waals surface area contributed by atoms with Crippen LogP contribution in [-0.2, 0) is 6.42 Å². The Morgan fingerprint density at radius 3 is 2.70 bits per heavy atom. The van der Waals surface area contributed by atoms with Crippen molar-refractivity contribution in [2.75, 3.05) is 23.8 Å². The first-order valence-electron chi connectivity index (χ1n) is 12.8. The molecule has 0 fully saturated rings.